The highest BCUT2D eigenvalue weighted by molar-refractivity contribution is 5.86. The van der Waals surface area contributed by atoms with Gasteiger partial charge in [0.1, 0.15) is 24.5 Å². The Hall–Kier alpha value is -4.13. The lowest BCUT2D eigenvalue weighted by atomic mass is 9.97. The molecule has 1 atom stereocenters. The molecule has 0 amide bonds. The number of nitrogens with zero attached hydrogens (tertiary/aromatic N) is 5. The van der Waals surface area contributed by atoms with Gasteiger partial charge in [-0.05, 0) is 49.2 Å². The molecule has 0 saturated carbocycles. The molecule has 0 spiro atoms. The SMILES string of the molecule is COCCN1CCCC(COc2cc(-c3ccc(C#N)cc3)c(-c3cnc4c(c3)OCCO4)n3cncc23)C1. The maximum Gasteiger partial charge on any atom is 0.257 e. The number of benzene rings is 1. The highest BCUT2D eigenvalue weighted by Crippen LogP contribution is 2.40. The Bertz CT molecular complexity index is 1490. The summed E-state index contributed by atoms with van der Waals surface area (Å²) >= 11 is 0. The average molecular weight is 526 g/mol. The van der Waals surface area contributed by atoms with Gasteiger partial charge < -0.3 is 23.8 Å². The van der Waals surface area contributed by atoms with Crippen LogP contribution in [0.15, 0.2) is 55.1 Å². The number of hydrogen-bond acceptors (Lipinski definition) is 8. The van der Waals surface area contributed by atoms with Gasteiger partial charge in [-0.3, -0.25) is 4.40 Å². The number of methoxy groups -OCH3 is 1. The minimum absolute atomic E-state index is 0.443. The van der Waals surface area contributed by atoms with Gasteiger partial charge in [0, 0.05) is 43.4 Å². The van der Waals surface area contributed by atoms with E-state index in [4.69, 9.17) is 18.9 Å². The first kappa shape index (κ1) is 25.2. The molecule has 0 bridgehead atoms. The molecule has 1 aromatic carbocycles. The Balaban J connectivity index is 1.38. The van der Waals surface area contributed by atoms with Crippen LogP contribution in [0.4, 0.5) is 0 Å². The zero-order valence-electron chi connectivity index (χ0n) is 22.0. The third-order valence-electron chi connectivity index (χ3n) is 7.35. The first-order valence-corrected chi connectivity index (χ1v) is 13.3. The molecule has 1 fully saturated rings. The van der Waals surface area contributed by atoms with Crippen molar-refractivity contribution >= 4 is 5.52 Å². The Morgan fingerprint density at radius 1 is 1.10 bits per heavy atom. The Morgan fingerprint density at radius 2 is 1.97 bits per heavy atom. The number of pyridine rings is 2. The van der Waals surface area contributed by atoms with Crippen molar-refractivity contribution in [2.24, 2.45) is 5.92 Å². The fourth-order valence-electron chi connectivity index (χ4n) is 5.39. The van der Waals surface area contributed by atoms with Crippen LogP contribution in [0.25, 0.3) is 27.9 Å². The molecule has 5 heterocycles. The molecule has 0 aliphatic carbocycles. The zero-order chi connectivity index (χ0) is 26.6. The summed E-state index contributed by atoms with van der Waals surface area (Å²) in [6, 6.07) is 13.8. The molecule has 1 saturated heterocycles. The Kier molecular flexibility index (Phi) is 7.30. The molecular weight excluding hydrogens is 494 g/mol. The predicted octanol–water partition coefficient (Wildman–Crippen LogP) is 4.44. The molecule has 0 radical (unpaired) electrons. The van der Waals surface area contributed by atoms with Crippen molar-refractivity contribution in [3.05, 3.63) is 60.7 Å². The van der Waals surface area contributed by atoms with Crippen molar-refractivity contribution in [2.45, 2.75) is 12.8 Å². The minimum Gasteiger partial charge on any atom is -0.491 e. The normalized spacial score (nSPS) is 17.2. The van der Waals surface area contributed by atoms with E-state index in [0.29, 0.717) is 42.9 Å². The summed E-state index contributed by atoms with van der Waals surface area (Å²) < 4.78 is 25.3. The number of fused-ring (bicyclic) bond motifs is 2. The third-order valence-corrected chi connectivity index (χ3v) is 7.35. The van der Waals surface area contributed by atoms with Crippen molar-refractivity contribution in [3.8, 4) is 45.8 Å². The van der Waals surface area contributed by atoms with Crippen LogP contribution < -0.4 is 14.2 Å². The lowest BCUT2D eigenvalue weighted by Crippen LogP contribution is -2.39. The summed E-state index contributed by atoms with van der Waals surface area (Å²) in [4.78, 5) is 11.5. The maximum absolute atomic E-state index is 9.34. The topological polar surface area (TPSA) is 94.1 Å². The van der Waals surface area contributed by atoms with Crippen LogP contribution in [0.1, 0.15) is 18.4 Å². The molecule has 2 aliphatic heterocycles. The van der Waals surface area contributed by atoms with Gasteiger partial charge >= 0.3 is 0 Å². The second-order valence-corrected chi connectivity index (χ2v) is 9.95. The van der Waals surface area contributed by atoms with Gasteiger partial charge in [-0.15, -0.1) is 0 Å². The van der Waals surface area contributed by atoms with Crippen LogP contribution in [0, 0.1) is 17.2 Å². The summed E-state index contributed by atoms with van der Waals surface area (Å²) in [5.41, 5.74) is 5.18. The summed E-state index contributed by atoms with van der Waals surface area (Å²) in [5.74, 6) is 2.33. The maximum atomic E-state index is 9.34. The second-order valence-electron chi connectivity index (χ2n) is 9.95. The summed E-state index contributed by atoms with van der Waals surface area (Å²) in [6.07, 6.45) is 7.73. The molecule has 4 aromatic rings. The minimum atomic E-state index is 0.443. The first-order chi connectivity index (χ1) is 19.2. The Labute approximate surface area is 227 Å². The lowest BCUT2D eigenvalue weighted by Gasteiger charge is -2.32. The second kappa shape index (κ2) is 11.3. The highest BCUT2D eigenvalue weighted by Gasteiger charge is 2.23. The molecule has 1 unspecified atom stereocenters. The lowest BCUT2D eigenvalue weighted by molar-refractivity contribution is 0.0961. The molecule has 200 valence electrons. The van der Waals surface area contributed by atoms with Gasteiger partial charge in [0.05, 0.1) is 43.1 Å². The van der Waals surface area contributed by atoms with E-state index in [1.165, 1.54) is 0 Å². The van der Waals surface area contributed by atoms with Crippen molar-refractivity contribution in [3.63, 3.8) is 0 Å². The largest absolute Gasteiger partial charge is 0.491 e. The monoisotopic (exact) mass is 525 g/mol. The summed E-state index contributed by atoms with van der Waals surface area (Å²) in [7, 11) is 1.75. The van der Waals surface area contributed by atoms with Crippen LogP contribution in [-0.4, -0.2) is 72.4 Å². The quantitative estimate of drug-likeness (QED) is 0.333. The van der Waals surface area contributed by atoms with E-state index < -0.39 is 0 Å². The first-order valence-electron chi connectivity index (χ1n) is 13.3. The van der Waals surface area contributed by atoms with E-state index in [-0.39, 0.29) is 0 Å². The molecule has 0 N–H and O–H groups in total. The number of aromatic nitrogens is 3. The molecular formula is C30H31N5O4. The number of nitriles is 1. The van der Waals surface area contributed by atoms with Crippen LogP contribution in [0.3, 0.4) is 0 Å². The van der Waals surface area contributed by atoms with Gasteiger partial charge in [0.15, 0.2) is 5.75 Å². The van der Waals surface area contributed by atoms with Gasteiger partial charge in [-0.2, -0.15) is 5.26 Å². The average Bonchev–Trinajstić information content (AvgIpc) is 3.49. The Morgan fingerprint density at radius 3 is 2.82 bits per heavy atom. The summed E-state index contributed by atoms with van der Waals surface area (Å²) in [6.45, 7) is 5.39. The van der Waals surface area contributed by atoms with Gasteiger partial charge in [0.25, 0.3) is 5.88 Å². The van der Waals surface area contributed by atoms with Crippen molar-refractivity contribution in [1.82, 2.24) is 19.3 Å². The predicted molar refractivity (Wildman–Crippen MR) is 146 cm³/mol. The van der Waals surface area contributed by atoms with Gasteiger partial charge in [-0.1, -0.05) is 12.1 Å². The van der Waals surface area contributed by atoms with Crippen molar-refractivity contribution < 1.29 is 18.9 Å². The van der Waals surface area contributed by atoms with Crippen molar-refractivity contribution in [1.29, 1.82) is 5.26 Å². The van der Waals surface area contributed by atoms with Crippen molar-refractivity contribution in [2.75, 3.05) is 53.2 Å². The van der Waals surface area contributed by atoms with Crippen LogP contribution in [0.5, 0.6) is 17.4 Å². The number of imidazole rings is 1. The molecule has 2 aliphatic rings. The fourth-order valence-corrected chi connectivity index (χ4v) is 5.39. The fraction of sp³-hybridized carbons (Fsp3) is 0.367. The number of ether oxygens (including phenoxy) is 4. The van der Waals surface area contributed by atoms with E-state index >= 15 is 0 Å². The van der Waals surface area contributed by atoms with E-state index in [2.05, 4.69) is 27.0 Å². The number of piperidine rings is 1. The van der Waals surface area contributed by atoms with Gasteiger partial charge in [0.2, 0.25) is 0 Å². The molecule has 6 rings (SSSR count). The van der Waals surface area contributed by atoms with E-state index in [1.54, 1.807) is 19.6 Å². The summed E-state index contributed by atoms with van der Waals surface area (Å²) in [5, 5.41) is 9.34. The number of rotatable bonds is 8. The standard InChI is InChI=1S/C30H31N5O4/c1-36-10-9-34-8-2-3-22(18-34)19-39-27-14-25(23-6-4-21(15-31)5-7-23)29(35-20-32-17-26(27)35)24-13-28-30(33-16-24)38-12-11-37-28/h4-7,13-14,16-17,20,22H,2-3,8-12,18-19H2,1H3. The van der Waals surface area contributed by atoms with E-state index in [9.17, 15) is 5.26 Å². The molecule has 9 heteroatoms. The zero-order valence-corrected chi connectivity index (χ0v) is 22.0. The smallest absolute Gasteiger partial charge is 0.257 e. The molecule has 39 heavy (non-hydrogen) atoms. The van der Waals surface area contributed by atoms with E-state index in [1.807, 2.05) is 40.9 Å². The van der Waals surface area contributed by atoms with E-state index in [0.717, 1.165) is 72.7 Å². The number of likely N-dealkylation sites (tertiary alicyclic amines) is 1. The number of hydrogen-bond donors (Lipinski definition) is 0. The molecule has 9 nitrogen and oxygen atoms in total. The highest BCUT2D eigenvalue weighted by atomic mass is 16.6. The van der Waals surface area contributed by atoms with Gasteiger partial charge in [-0.25, -0.2) is 9.97 Å². The van der Waals surface area contributed by atoms with Crippen LogP contribution in [-0.2, 0) is 4.74 Å². The van der Waals surface area contributed by atoms with Crippen LogP contribution in [0.2, 0.25) is 0 Å². The van der Waals surface area contributed by atoms with Crippen LogP contribution >= 0.6 is 0 Å². The molecule has 3 aromatic heterocycles. The third kappa shape index (κ3) is 5.26.